The minimum atomic E-state index is -0.453. The number of benzene rings is 3. The van der Waals surface area contributed by atoms with Gasteiger partial charge in [-0.25, -0.2) is 9.07 Å². The molecule has 3 aromatic carbocycles. The number of nitrogens with zero attached hydrogens (tertiary/aromatic N) is 3. The van der Waals surface area contributed by atoms with Crippen molar-refractivity contribution in [2.45, 2.75) is 12.1 Å². The lowest BCUT2D eigenvalue weighted by Crippen LogP contribution is -2.32. The number of rotatable bonds is 3. The van der Waals surface area contributed by atoms with Crippen LogP contribution in [-0.2, 0) is 0 Å². The molecule has 0 saturated heterocycles. The Labute approximate surface area is 197 Å². The van der Waals surface area contributed by atoms with E-state index in [0.29, 0.717) is 5.95 Å². The van der Waals surface area contributed by atoms with Gasteiger partial charge in [0.25, 0.3) is 0 Å². The summed E-state index contributed by atoms with van der Waals surface area (Å²) in [4.78, 5) is 4.44. The zero-order chi connectivity index (χ0) is 22.5. The first-order chi connectivity index (χ1) is 16.1. The summed E-state index contributed by atoms with van der Waals surface area (Å²) >= 11 is 3.61. The molecule has 0 bridgehead atoms. The van der Waals surface area contributed by atoms with Crippen molar-refractivity contribution >= 4 is 27.6 Å². The molecule has 164 valence electrons. The quantitative estimate of drug-likeness (QED) is 0.385. The normalized spacial score (nSPS) is 18.5. The summed E-state index contributed by atoms with van der Waals surface area (Å²) in [5.74, 6) is 1.84. The van der Waals surface area contributed by atoms with E-state index in [2.05, 4.69) is 31.3 Å². The number of aromatic nitrogens is 3. The number of methoxy groups -OCH3 is 1. The van der Waals surface area contributed by atoms with E-state index in [-0.39, 0.29) is 11.9 Å². The minimum Gasteiger partial charge on any atom is -0.496 e. The standard InChI is InChI=1S/C25H18BrFN4O2/c1-32-20-11-8-15(12-18(20)26)23-21-22(30-25-28-13-29-31(23)25)17-4-2-3-5-19(17)33-24(21)14-6-9-16(27)10-7-14/h2-13,23-24H,1H3,(H,28,29,30)/t23-,24-/m0/s1. The molecule has 0 saturated carbocycles. The van der Waals surface area contributed by atoms with Crippen LogP contribution in [0.15, 0.2) is 83.1 Å². The highest BCUT2D eigenvalue weighted by molar-refractivity contribution is 9.10. The molecule has 0 aliphatic carbocycles. The second-order valence-corrected chi connectivity index (χ2v) is 8.68. The van der Waals surface area contributed by atoms with Crippen molar-refractivity contribution in [1.29, 1.82) is 0 Å². The molecule has 2 aliphatic rings. The van der Waals surface area contributed by atoms with Crippen LogP contribution in [0.4, 0.5) is 10.3 Å². The minimum absolute atomic E-state index is 0.292. The highest BCUT2D eigenvalue weighted by atomic mass is 79.9. The third kappa shape index (κ3) is 3.21. The van der Waals surface area contributed by atoms with Crippen LogP contribution in [0.5, 0.6) is 11.5 Å². The van der Waals surface area contributed by atoms with Crippen LogP contribution in [0.2, 0.25) is 0 Å². The van der Waals surface area contributed by atoms with Gasteiger partial charge in [0.15, 0.2) is 0 Å². The summed E-state index contributed by atoms with van der Waals surface area (Å²) in [5.41, 5.74) is 4.66. The van der Waals surface area contributed by atoms with Crippen molar-refractivity contribution in [3.8, 4) is 11.5 Å². The van der Waals surface area contributed by atoms with E-state index < -0.39 is 6.10 Å². The summed E-state index contributed by atoms with van der Waals surface area (Å²) < 4.78 is 28.4. The molecule has 0 unspecified atom stereocenters. The second kappa shape index (κ2) is 7.74. The van der Waals surface area contributed by atoms with Crippen LogP contribution in [0.1, 0.15) is 28.8 Å². The number of anilines is 1. The number of nitrogens with one attached hydrogen (secondary N) is 1. The van der Waals surface area contributed by atoms with Crippen molar-refractivity contribution in [2.75, 3.05) is 12.4 Å². The molecule has 6 rings (SSSR count). The number of hydrogen-bond donors (Lipinski definition) is 1. The lowest BCUT2D eigenvalue weighted by molar-refractivity contribution is 0.223. The Balaban J connectivity index is 1.61. The molecule has 0 spiro atoms. The molecular formula is C25H18BrFN4O2. The Kier molecular flexibility index (Phi) is 4.69. The van der Waals surface area contributed by atoms with Gasteiger partial charge in [-0.3, -0.25) is 0 Å². The van der Waals surface area contributed by atoms with Crippen molar-refractivity contribution in [3.05, 3.63) is 106 Å². The fourth-order valence-corrected chi connectivity index (χ4v) is 5.06. The van der Waals surface area contributed by atoms with Gasteiger partial charge in [0.05, 0.1) is 17.3 Å². The largest absolute Gasteiger partial charge is 0.496 e. The highest BCUT2D eigenvalue weighted by Crippen LogP contribution is 2.51. The monoisotopic (exact) mass is 504 g/mol. The lowest BCUT2D eigenvalue weighted by Gasteiger charge is -2.39. The summed E-state index contributed by atoms with van der Waals surface area (Å²) in [5, 5.41) is 7.98. The molecule has 6 nitrogen and oxygen atoms in total. The van der Waals surface area contributed by atoms with Crippen molar-refractivity contribution in [2.24, 2.45) is 0 Å². The summed E-state index contributed by atoms with van der Waals surface area (Å²) in [7, 11) is 1.64. The fourth-order valence-electron chi connectivity index (χ4n) is 4.50. The zero-order valence-electron chi connectivity index (χ0n) is 17.5. The molecule has 4 aromatic rings. The maximum atomic E-state index is 13.7. The summed E-state index contributed by atoms with van der Waals surface area (Å²) in [6, 6.07) is 20.0. The average molecular weight is 505 g/mol. The maximum absolute atomic E-state index is 13.7. The number of ether oxygens (including phenoxy) is 2. The van der Waals surface area contributed by atoms with Crippen LogP contribution in [-0.4, -0.2) is 21.9 Å². The van der Waals surface area contributed by atoms with Gasteiger partial charge < -0.3 is 14.8 Å². The lowest BCUT2D eigenvalue weighted by atomic mass is 9.84. The number of fused-ring (bicyclic) bond motifs is 3. The van der Waals surface area contributed by atoms with Crippen LogP contribution in [0.3, 0.4) is 0 Å². The van der Waals surface area contributed by atoms with Gasteiger partial charge in [-0.1, -0.05) is 30.3 Å². The van der Waals surface area contributed by atoms with Gasteiger partial charge in [-0.2, -0.15) is 10.1 Å². The van der Waals surface area contributed by atoms with E-state index in [1.807, 2.05) is 47.1 Å². The second-order valence-electron chi connectivity index (χ2n) is 7.83. The SMILES string of the molecule is COc1ccc([C@H]2C3=C(Nc4ncnn42)c2ccccc2O[C@H]3c2ccc(F)cc2)cc1Br. The van der Waals surface area contributed by atoms with Crippen LogP contribution in [0, 0.1) is 5.82 Å². The number of hydrogen-bond acceptors (Lipinski definition) is 5. The Morgan fingerprint density at radius 3 is 2.64 bits per heavy atom. The Morgan fingerprint density at radius 1 is 1.06 bits per heavy atom. The molecule has 33 heavy (non-hydrogen) atoms. The van der Waals surface area contributed by atoms with Gasteiger partial charge in [0, 0.05) is 11.1 Å². The van der Waals surface area contributed by atoms with Gasteiger partial charge in [0.1, 0.15) is 35.8 Å². The third-order valence-electron chi connectivity index (χ3n) is 5.99. The first-order valence-corrected chi connectivity index (χ1v) is 11.2. The van der Waals surface area contributed by atoms with Gasteiger partial charge >= 0.3 is 0 Å². The molecule has 1 aromatic heterocycles. The van der Waals surface area contributed by atoms with Gasteiger partial charge in [0.2, 0.25) is 5.95 Å². The molecule has 0 radical (unpaired) electrons. The molecule has 8 heteroatoms. The van der Waals surface area contributed by atoms with Crippen LogP contribution >= 0.6 is 15.9 Å². The third-order valence-corrected chi connectivity index (χ3v) is 6.61. The molecule has 2 aliphatic heterocycles. The number of para-hydroxylation sites is 1. The van der Waals surface area contributed by atoms with E-state index in [1.54, 1.807) is 19.2 Å². The van der Waals surface area contributed by atoms with Gasteiger partial charge in [-0.15, -0.1) is 0 Å². The topological polar surface area (TPSA) is 61.2 Å². The number of halogens is 2. The first-order valence-electron chi connectivity index (χ1n) is 10.4. The van der Waals surface area contributed by atoms with Crippen molar-refractivity contribution < 1.29 is 13.9 Å². The molecule has 0 amide bonds. The predicted molar refractivity (Wildman–Crippen MR) is 126 cm³/mol. The fraction of sp³-hybridized carbons (Fsp3) is 0.120. The molecule has 3 heterocycles. The zero-order valence-corrected chi connectivity index (χ0v) is 19.1. The molecule has 1 N–H and O–H groups in total. The summed E-state index contributed by atoms with van der Waals surface area (Å²) in [6.45, 7) is 0. The molecular weight excluding hydrogens is 487 g/mol. The first kappa shape index (κ1) is 20.0. The molecule has 2 atom stereocenters. The Bertz CT molecular complexity index is 1400. The Hall–Kier alpha value is -3.65. The van der Waals surface area contributed by atoms with Crippen molar-refractivity contribution in [1.82, 2.24) is 14.8 Å². The van der Waals surface area contributed by atoms with E-state index in [4.69, 9.17) is 9.47 Å². The van der Waals surface area contributed by atoms with Crippen molar-refractivity contribution in [3.63, 3.8) is 0 Å². The van der Waals surface area contributed by atoms with E-state index in [9.17, 15) is 4.39 Å². The van der Waals surface area contributed by atoms with E-state index in [1.165, 1.54) is 18.5 Å². The predicted octanol–water partition coefficient (Wildman–Crippen LogP) is 5.75. The summed E-state index contributed by atoms with van der Waals surface area (Å²) in [6.07, 6.45) is 1.08. The van der Waals surface area contributed by atoms with Crippen LogP contribution < -0.4 is 14.8 Å². The smallest absolute Gasteiger partial charge is 0.226 e. The molecule has 0 fully saturated rings. The highest BCUT2D eigenvalue weighted by Gasteiger charge is 2.41. The van der Waals surface area contributed by atoms with E-state index in [0.717, 1.165) is 43.9 Å². The van der Waals surface area contributed by atoms with Crippen LogP contribution in [0.25, 0.3) is 5.70 Å². The van der Waals surface area contributed by atoms with E-state index >= 15 is 0 Å². The maximum Gasteiger partial charge on any atom is 0.226 e. The van der Waals surface area contributed by atoms with Gasteiger partial charge in [-0.05, 0) is 63.5 Å². The Morgan fingerprint density at radius 2 is 1.85 bits per heavy atom. The average Bonchev–Trinajstić information content (AvgIpc) is 3.31.